The standard InChI is InChI=1S/C23H26N4O3/c1-26(10-12-28)23(29)19-14-21(25-20-8-3-2-7-18(19)20)22-16-27(11-13-30-22)15-17-6-4-5-9-24-17/h2-9,14,22,28H,10-13,15-16H2,1H3/t22-/m1/s1. The van der Waals surface area contributed by atoms with Crippen molar-refractivity contribution < 1.29 is 14.6 Å². The second-order valence-electron chi connectivity index (χ2n) is 7.48. The van der Waals surface area contributed by atoms with Gasteiger partial charge in [0, 0.05) is 44.8 Å². The molecule has 0 spiro atoms. The molecule has 0 radical (unpaired) electrons. The van der Waals surface area contributed by atoms with Crippen LogP contribution in [-0.2, 0) is 11.3 Å². The first-order chi connectivity index (χ1) is 14.7. The van der Waals surface area contributed by atoms with Crippen molar-refractivity contribution in [3.8, 4) is 0 Å². The number of morpholine rings is 1. The van der Waals surface area contributed by atoms with E-state index in [0.717, 1.165) is 35.4 Å². The fraction of sp³-hybridized carbons (Fsp3) is 0.348. The zero-order valence-corrected chi connectivity index (χ0v) is 17.1. The highest BCUT2D eigenvalue weighted by Crippen LogP contribution is 2.27. The summed E-state index contributed by atoms with van der Waals surface area (Å²) in [6, 6.07) is 15.4. The van der Waals surface area contributed by atoms with Gasteiger partial charge in [-0.1, -0.05) is 24.3 Å². The zero-order valence-electron chi connectivity index (χ0n) is 17.1. The van der Waals surface area contributed by atoms with Gasteiger partial charge in [0.15, 0.2) is 0 Å². The van der Waals surface area contributed by atoms with Gasteiger partial charge in [-0.3, -0.25) is 14.7 Å². The van der Waals surface area contributed by atoms with Crippen LogP contribution in [0.25, 0.3) is 10.9 Å². The highest BCUT2D eigenvalue weighted by molar-refractivity contribution is 6.06. The lowest BCUT2D eigenvalue weighted by Crippen LogP contribution is -2.38. The van der Waals surface area contributed by atoms with Gasteiger partial charge in [0.05, 0.1) is 35.7 Å². The molecule has 1 saturated heterocycles. The second kappa shape index (κ2) is 9.30. The molecule has 7 heteroatoms. The monoisotopic (exact) mass is 406 g/mol. The molecular formula is C23H26N4O3. The Bertz CT molecular complexity index is 1010. The molecule has 0 aliphatic carbocycles. The minimum Gasteiger partial charge on any atom is -0.395 e. The van der Waals surface area contributed by atoms with Crippen molar-refractivity contribution in [1.29, 1.82) is 0 Å². The number of pyridine rings is 2. The number of hydrogen-bond donors (Lipinski definition) is 1. The quantitative estimate of drug-likeness (QED) is 0.677. The molecule has 0 bridgehead atoms. The third-order valence-corrected chi connectivity index (χ3v) is 5.34. The molecule has 1 amide bonds. The summed E-state index contributed by atoms with van der Waals surface area (Å²) in [4.78, 5) is 26.1. The summed E-state index contributed by atoms with van der Waals surface area (Å²) < 4.78 is 6.03. The molecular weight excluding hydrogens is 380 g/mol. The van der Waals surface area contributed by atoms with Crippen molar-refractivity contribution >= 4 is 16.8 Å². The first-order valence-electron chi connectivity index (χ1n) is 10.2. The maximum absolute atomic E-state index is 13.0. The number of hydrogen-bond acceptors (Lipinski definition) is 6. The number of aliphatic hydroxyl groups is 1. The van der Waals surface area contributed by atoms with Crippen LogP contribution in [-0.4, -0.2) is 70.7 Å². The Balaban J connectivity index is 1.62. The predicted octanol–water partition coefficient (Wildman–Crippen LogP) is 2.27. The summed E-state index contributed by atoms with van der Waals surface area (Å²) in [5, 5.41) is 10.0. The average Bonchev–Trinajstić information content (AvgIpc) is 2.79. The number of rotatable bonds is 6. The third kappa shape index (κ3) is 4.48. The van der Waals surface area contributed by atoms with Crippen molar-refractivity contribution in [1.82, 2.24) is 19.8 Å². The van der Waals surface area contributed by atoms with Gasteiger partial charge < -0.3 is 14.7 Å². The first kappa shape index (κ1) is 20.4. The van der Waals surface area contributed by atoms with Crippen molar-refractivity contribution in [2.24, 2.45) is 0 Å². The van der Waals surface area contributed by atoms with Gasteiger partial charge in [-0.15, -0.1) is 0 Å². The van der Waals surface area contributed by atoms with Crippen LogP contribution in [0.3, 0.4) is 0 Å². The number of aliphatic hydroxyl groups excluding tert-OH is 1. The highest BCUT2D eigenvalue weighted by atomic mass is 16.5. The molecule has 3 heterocycles. The Morgan fingerprint density at radius 1 is 1.27 bits per heavy atom. The molecule has 0 saturated carbocycles. The fourth-order valence-corrected chi connectivity index (χ4v) is 3.74. The zero-order chi connectivity index (χ0) is 20.9. The van der Waals surface area contributed by atoms with E-state index in [1.54, 1.807) is 13.2 Å². The maximum Gasteiger partial charge on any atom is 0.254 e. The number of carbonyl (C=O) groups excluding carboxylic acids is 1. The number of para-hydroxylation sites is 1. The molecule has 7 nitrogen and oxygen atoms in total. The lowest BCUT2D eigenvalue weighted by atomic mass is 10.0. The lowest BCUT2D eigenvalue weighted by Gasteiger charge is -2.32. The molecule has 3 aromatic rings. The van der Waals surface area contributed by atoms with E-state index in [4.69, 9.17) is 9.72 Å². The predicted molar refractivity (Wildman–Crippen MR) is 114 cm³/mol. The van der Waals surface area contributed by atoms with Crippen LogP contribution in [0, 0.1) is 0 Å². The number of amides is 1. The van der Waals surface area contributed by atoms with Gasteiger partial charge >= 0.3 is 0 Å². The van der Waals surface area contributed by atoms with E-state index < -0.39 is 0 Å². The first-order valence-corrected chi connectivity index (χ1v) is 10.2. The van der Waals surface area contributed by atoms with E-state index in [1.807, 2.05) is 48.5 Å². The van der Waals surface area contributed by atoms with Gasteiger partial charge in [0.25, 0.3) is 5.91 Å². The van der Waals surface area contributed by atoms with E-state index in [0.29, 0.717) is 18.7 Å². The number of aromatic nitrogens is 2. The fourth-order valence-electron chi connectivity index (χ4n) is 3.74. The Kier molecular flexibility index (Phi) is 6.32. The number of ether oxygens (including phenoxy) is 1. The normalized spacial score (nSPS) is 17.2. The minimum absolute atomic E-state index is 0.0771. The summed E-state index contributed by atoms with van der Waals surface area (Å²) in [6.45, 7) is 3.06. The summed E-state index contributed by atoms with van der Waals surface area (Å²) in [5.41, 5.74) is 3.12. The molecule has 2 aromatic heterocycles. The number of fused-ring (bicyclic) bond motifs is 1. The summed E-state index contributed by atoms with van der Waals surface area (Å²) in [6.07, 6.45) is 1.58. The minimum atomic E-state index is -0.221. The smallest absolute Gasteiger partial charge is 0.254 e. The SMILES string of the molecule is CN(CCO)C(=O)c1cc([C@H]2CN(Cc3ccccn3)CCO2)nc2ccccc12. The van der Waals surface area contributed by atoms with E-state index in [-0.39, 0.29) is 25.2 Å². The summed E-state index contributed by atoms with van der Waals surface area (Å²) in [7, 11) is 1.69. The van der Waals surface area contributed by atoms with Gasteiger partial charge in [-0.2, -0.15) is 0 Å². The molecule has 1 N–H and O–H groups in total. The van der Waals surface area contributed by atoms with Crippen LogP contribution in [0.1, 0.15) is 27.8 Å². The van der Waals surface area contributed by atoms with E-state index in [1.165, 1.54) is 4.90 Å². The molecule has 1 atom stereocenters. The number of nitrogens with zero attached hydrogens (tertiary/aromatic N) is 4. The molecule has 1 fully saturated rings. The Morgan fingerprint density at radius 2 is 2.10 bits per heavy atom. The van der Waals surface area contributed by atoms with Crippen LogP contribution in [0.2, 0.25) is 0 Å². The Labute approximate surface area is 175 Å². The summed E-state index contributed by atoms with van der Waals surface area (Å²) in [5.74, 6) is -0.134. The van der Waals surface area contributed by atoms with Crippen molar-refractivity contribution in [2.45, 2.75) is 12.6 Å². The van der Waals surface area contributed by atoms with Crippen LogP contribution in [0.5, 0.6) is 0 Å². The maximum atomic E-state index is 13.0. The topological polar surface area (TPSA) is 78.8 Å². The van der Waals surface area contributed by atoms with Gasteiger partial charge in [-0.05, 0) is 24.3 Å². The average molecular weight is 406 g/mol. The third-order valence-electron chi connectivity index (χ3n) is 5.34. The van der Waals surface area contributed by atoms with Gasteiger partial charge in [0.1, 0.15) is 6.10 Å². The molecule has 1 aliphatic heterocycles. The highest BCUT2D eigenvalue weighted by Gasteiger charge is 2.26. The molecule has 1 aliphatic rings. The second-order valence-corrected chi connectivity index (χ2v) is 7.48. The van der Waals surface area contributed by atoms with Crippen LogP contribution in [0.15, 0.2) is 54.7 Å². The van der Waals surface area contributed by atoms with Crippen LogP contribution >= 0.6 is 0 Å². The summed E-state index contributed by atoms with van der Waals surface area (Å²) >= 11 is 0. The molecule has 0 unspecified atom stereocenters. The van der Waals surface area contributed by atoms with Crippen molar-refractivity contribution in [3.63, 3.8) is 0 Å². The van der Waals surface area contributed by atoms with Gasteiger partial charge in [0.2, 0.25) is 0 Å². The Hall–Kier alpha value is -2.87. The number of likely N-dealkylation sites (N-methyl/N-ethyl adjacent to an activating group) is 1. The van der Waals surface area contributed by atoms with E-state index in [9.17, 15) is 9.90 Å². The lowest BCUT2D eigenvalue weighted by molar-refractivity contribution is -0.0352. The van der Waals surface area contributed by atoms with Crippen molar-refractivity contribution in [3.05, 3.63) is 71.7 Å². The Morgan fingerprint density at radius 3 is 2.90 bits per heavy atom. The van der Waals surface area contributed by atoms with Crippen LogP contribution in [0.4, 0.5) is 0 Å². The number of benzene rings is 1. The van der Waals surface area contributed by atoms with Crippen molar-refractivity contribution in [2.75, 3.05) is 39.9 Å². The van der Waals surface area contributed by atoms with Crippen LogP contribution < -0.4 is 0 Å². The molecule has 156 valence electrons. The van der Waals surface area contributed by atoms with E-state index >= 15 is 0 Å². The number of carbonyl (C=O) groups is 1. The largest absolute Gasteiger partial charge is 0.395 e. The van der Waals surface area contributed by atoms with Gasteiger partial charge in [-0.25, -0.2) is 4.98 Å². The molecule has 1 aromatic carbocycles. The molecule has 30 heavy (non-hydrogen) atoms. The molecule has 4 rings (SSSR count). The van der Waals surface area contributed by atoms with E-state index in [2.05, 4.69) is 9.88 Å².